The highest BCUT2D eigenvalue weighted by molar-refractivity contribution is 5.84. The van der Waals surface area contributed by atoms with E-state index in [2.05, 4.69) is 10.8 Å². The summed E-state index contributed by atoms with van der Waals surface area (Å²) in [6.07, 6.45) is -2.72. The van der Waals surface area contributed by atoms with Gasteiger partial charge in [-0.05, 0) is 32.1 Å². The number of ether oxygens (including phenoxy) is 1. The highest BCUT2D eigenvalue weighted by Gasteiger charge is 2.42. The van der Waals surface area contributed by atoms with Crippen molar-refractivity contribution in [2.24, 2.45) is 5.73 Å². The lowest BCUT2D eigenvalue weighted by Crippen LogP contribution is -2.46. The highest BCUT2D eigenvalue weighted by Crippen LogP contribution is 2.22. The van der Waals surface area contributed by atoms with Crippen molar-refractivity contribution in [3.05, 3.63) is 0 Å². The number of hydrogen-bond acceptors (Lipinski definition) is 6. The van der Waals surface area contributed by atoms with Crippen LogP contribution in [-0.4, -0.2) is 71.6 Å². The van der Waals surface area contributed by atoms with Crippen molar-refractivity contribution >= 4 is 17.8 Å². The number of amides is 2. The SMILES string of the molecule is N#C[C@@H]1CCCN1C(=O)C(N)CCC(=O)N1CCC[C@H]1COC(=O)C(F)(F)F. The van der Waals surface area contributed by atoms with E-state index in [0.717, 1.165) is 6.42 Å². The summed E-state index contributed by atoms with van der Waals surface area (Å²) in [7, 11) is 0. The predicted octanol–water partition coefficient (Wildman–Crippen LogP) is 0.705. The number of nitrogens with zero attached hydrogens (tertiary/aromatic N) is 3. The number of halogens is 3. The van der Waals surface area contributed by atoms with Crippen LogP contribution in [0.1, 0.15) is 38.5 Å². The monoisotopic (exact) mass is 404 g/mol. The topological polar surface area (TPSA) is 117 Å². The summed E-state index contributed by atoms with van der Waals surface area (Å²) in [5.41, 5.74) is 5.88. The van der Waals surface area contributed by atoms with Gasteiger partial charge >= 0.3 is 12.1 Å². The lowest BCUT2D eigenvalue weighted by molar-refractivity contribution is -0.201. The third-order valence-corrected chi connectivity index (χ3v) is 5.01. The molecule has 0 radical (unpaired) electrons. The quantitative estimate of drug-likeness (QED) is 0.652. The van der Waals surface area contributed by atoms with Gasteiger partial charge in [0.25, 0.3) is 0 Å². The van der Waals surface area contributed by atoms with Gasteiger partial charge < -0.3 is 20.3 Å². The summed E-state index contributed by atoms with van der Waals surface area (Å²) in [5, 5.41) is 9.05. The Kier molecular flexibility index (Phi) is 7.23. The van der Waals surface area contributed by atoms with Crippen LogP contribution in [0.5, 0.6) is 0 Å². The summed E-state index contributed by atoms with van der Waals surface area (Å²) in [5.74, 6) is -3.02. The fourth-order valence-electron chi connectivity index (χ4n) is 3.51. The first-order valence-electron chi connectivity index (χ1n) is 9.14. The molecule has 2 aliphatic heterocycles. The van der Waals surface area contributed by atoms with Gasteiger partial charge in [-0.15, -0.1) is 0 Å². The van der Waals surface area contributed by atoms with Gasteiger partial charge in [-0.1, -0.05) is 0 Å². The van der Waals surface area contributed by atoms with Crippen LogP contribution in [0, 0.1) is 11.3 Å². The molecule has 2 heterocycles. The molecule has 3 atom stereocenters. The molecule has 0 aliphatic carbocycles. The first-order valence-corrected chi connectivity index (χ1v) is 9.14. The molecular formula is C17H23F3N4O4. The van der Waals surface area contributed by atoms with Crippen LogP contribution in [0.2, 0.25) is 0 Å². The maximum Gasteiger partial charge on any atom is 0.490 e. The number of carbonyl (C=O) groups is 3. The molecule has 0 aromatic carbocycles. The number of nitrogens with two attached hydrogens (primary N) is 1. The standard InChI is InChI=1S/C17H23F3N4O4/c18-17(19,20)16(27)28-10-12-4-2-7-23(12)14(25)6-5-13(22)15(26)24-8-1-3-11(24)9-21/h11-13H,1-8,10,22H2/t11-,12-,13?/m0/s1. The van der Waals surface area contributed by atoms with Crippen LogP contribution in [0.25, 0.3) is 0 Å². The Labute approximate surface area is 160 Å². The minimum atomic E-state index is -5.07. The van der Waals surface area contributed by atoms with Crippen molar-refractivity contribution in [2.75, 3.05) is 19.7 Å². The Morgan fingerprint density at radius 1 is 1.18 bits per heavy atom. The van der Waals surface area contributed by atoms with Crippen LogP contribution in [0.4, 0.5) is 13.2 Å². The molecule has 0 aromatic rings. The van der Waals surface area contributed by atoms with Crippen LogP contribution >= 0.6 is 0 Å². The van der Waals surface area contributed by atoms with Crippen molar-refractivity contribution in [3.8, 4) is 6.07 Å². The molecule has 28 heavy (non-hydrogen) atoms. The molecule has 156 valence electrons. The lowest BCUT2D eigenvalue weighted by Gasteiger charge is -2.26. The van der Waals surface area contributed by atoms with Crippen molar-refractivity contribution in [1.29, 1.82) is 5.26 Å². The van der Waals surface area contributed by atoms with Crippen LogP contribution in [-0.2, 0) is 19.1 Å². The molecule has 2 saturated heterocycles. The predicted molar refractivity (Wildman–Crippen MR) is 89.3 cm³/mol. The van der Waals surface area contributed by atoms with Crippen molar-refractivity contribution in [3.63, 3.8) is 0 Å². The first-order chi connectivity index (χ1) is 13.1. The third kappa shape index (κ3) is 5.34. The normalized spacial score (nSPS) is 23.4. The van der Waals surface area contributed by atoms with Crippen molar-refractivity contribution < 1.29 is 32.3 Å². The second kappa shape index (κ2) is 9.23. The molecule has 2 fully saturated rings. The number of nitriles is 1. The van der Waals surface area contributed by atoms with E-state index in [4.69, 9.17) is 11.0 Å². The van der Waals surface area contributed by atoms with E-state index in [0.29, 0.717) is 32.4 Å². The average molecular weight is 404 g/mol. The fraction of sp³-hybridized carbons (Fsp3) is 0.765. The minimum Gasteiger partial charge on any atom is -0.457 e. The second-order valence-electron chi connectivity index (χ2n) is 6.94. The van der Waals surface area contributed by atoms with E-state index < -0.39 is 36.9 Å². The zero-order valence-electron chi connectivity index (χ0n) is 15.3. The van der Waals surface area contributed by atoms with Crippen molar-refractivity contribution in [1.82, 2.24) is 9.80 Å². The summed E-state index contributed by atoms with van der Waals surface area (Å²) in [6, 6.07) is 0.00531. The number of esters is 1. The molecular weight excluding hydrogens is 381 g/mol. The molecule has 0 spiro atoms. The minimum absolute atomic E-state index is 0.0539. The van der Waals surface area contributed by atoms with E-state index in [9.17, 15) is 27.6 Å². The van der Waals surface area contributed by atoms with Gasteiger partial charge in [-0.25, -0.2) is 4.79 Å². The summed E-state index contributed by atoms with van der Waals surface area (Å²) < 4.78 is 40.9. The number of carbonyl (C=O) groups excluding carboxylic acids is 3. The van der Waals surface area contributed by atoms with Gasteiger partial charge in [0.05, 0.1) is 18.2 Å². The molecule has 2 N–H and O–H groups in total. The molecule has 2 aliphatic rings. The average Bonchev–Trinajstić information content (AvgIpc) is 3.31. The summed E-state index contributed by atoms with van der Waals surface area (Å²) >= 11 is 0. The first kappa shape index (κ1) is 21.9. The highest BCUT2D eigenvalue weighted by atomic mass is 19.4. The lowest BCUT2D eigenvalue weighted by atomic mass is 10.1. The van der Waals surface area contributed by atoms with E-state index in [1.165, 1.54) is 9.80 Å². The van der Waals surface area contributed by atoms with E-state index in [-0.39, 0.29) is 24.7 Å². The van der Waals surface area contributed by atoms with E-state index in [1.807, 2.05) is 0 Å². The van der Waals surface area contributed by atoms with Crippen molar-refractivity contribution in [2.45, 2.75) is 62.8 Å². The Hall–Kier alpha value is -2.35. The third-order valence-electron chi connectivity index (χ3n) is 5.01. The molecule has 0 bridgehead atoms. The zero-order valence-corrected chi connectivity index (χ0v) is 15.3. The smallest absolute Gasteiger partial charge is 0.457 e. The Morgan fingerprint density at radius 3 is 2.46 bits per heavy atom. The Bertz CT molecular complexity index is 649. The van der Waals surface area contributed by atoms with Gasteiger partial charge in [-0.2, -0.15) is 18.4 Å². The molecule has 1 unspecified atom stereocenters. The summed E-state index contributed by atoms with van der Waals surface area (Å²) in [4.78, 5) is 38.4. The van der Waals surface area contributed by atoms with E-state index in [1.54, 1.807) is 0 Å². The van der Waals surface area contributed by atoms with Crippen LogP contribution in [0.15, 0.2) is 0 Å². The number of likely N-dealkylation sites (tertiary alicyclic amines) is 2. The Morgan fingerprint density at radius 2 is 1.82 bits per heavy atom. The second-order valence-corrected chi connectivity index (χ2v) is 6.94. The molecule has 2 rings (SSSR count). The molecule has 8 nitrogen and oxygen atoms in total. The fourth-order valence-corrected chi connectivity index (χ4v) is 3.51. The number of alkyl halides is 3. The van der Waals surface area contributed by atoms with Gasteiger partial charge in [0.15, 0.2) is 0 Å². The maximum absolute atomic E-state index is 12.4. The largest absolute Gasteiger partial charge is 0.490 e. The van der Waals surface area contributed by atoms with Gasteiger partial charge in [0.2, 0.25) is 11.8 Å². The van der Waals surface area contributed by atoms with E-state index >= 15 is 0 Å². The number of rotatable bonds is 6. The van der Waals surface area contributed by atoms with Gasteiger partial charge in [-0.3, -0.25) is 9.59 Å². The van der Waals surface area contributed by atoms with Gasteiger partial charge in [0.1, 0.15) is 12.6 Å². The summed E-state index contributed by atoms with van der Waals surface area (Å²) in [6.45, 7) is 0.281. The maximum atomic E-state index is 12.4. The molecule has 0 aromatic heterocycles. The van der Waals surface area contributed by atoms with Crippen LogP contribution < -0.4 is 5.73 Å². The molecule has 11 heteroatoms. The zero-order chi connectivity index (χ0) is 20.9. The Balaban J connectivity index is 1.82. The molecule has 2 amide bonds. The van der Waals surface area contributed by atoms with Crippen LogP contribution in [0.3, 0.4) is 0 Å². The number of hydrogen-bond donors (Lipinski definition) is 1. The van der Waals surface area contributed by atoms with Gasteiger partial charge in [0, 0.05) is 19.5 Å². The molecule has 0 saturated carbocycles.